The topological polar surface area (TPSA) is 55.2 Å². The third-order valence-corrected chi connectivity index (χ3v) is 5.46. The molecule has 1 aromatic heterocycles. The molecule has 2 fully saturated rings. The van der Waals surface area contributed by atoms with Crippen molar-refractivity contribution in [3.63, 3.8) is 0 Å². The number of amides is 2. The second-order valence-corrected chi connectivity index (χ2v) is 6.97. The summed E-state index contributed by atoms with van der Waals surface area (Å²) >= 11 is 0. The van der Waals surface area contributed by atoms with Gasteiger partial charge < -0.3 is 0 Å². The van der Waals surface area contributed by atoms with Crippen molar-refractivity contribution >= 4 is 22.8 Å². The van der Waals surface area contributed by atoms with E-state index in [1.54, 1.807) is 24.3 Å². The van der Waals surface area contributed by atoms with Crippen LogP contribution in [0.2, 0.25) is 0 Å². The predicted molar refractivity (Wildman–Crippen MR) is 86.7 cm³/mol. The van der Waals surface area contributed by atoms with Crippen molar-refractivity contribution in [1.82, 2.24) is 14.5 Å². The van der Waals surface area contributed by atoms with E-state index in [2.05, 4.69) is 4.98 Å². The second-order valence-electron chi connectivity index (χ2n) is 6.97. The first-order valence-electron chi connectivity index (χ1n) is 8.61. The number of para-hydroxylation sites is 2. The van der Waals surface area contributed by atoms with Crippen LogP contribution in [0.3, 0.4) is 0 Å². The van der Waals surface area contributed by atoms with Gasteiger partial charge in [-0.3, -0.25) is 19.1 Å². The summed E-state index contributed by atoms with van der Waals surface area (Å²) in [6.07, 6.45) is 4.55. The molecule has 132 valence electrons. The van der Waals surface area contributed by atoms with Gasteiger partial charge in [-0.15, -0.1) is 0 Å². The van der Waals surface area contributed by atoms with Gasteiger partial charge in [0, 0.05) is 6.42 Å². The third-order valence-electron chi connectivity index (χ3n) is 5.46. The Hall–Kier alpha value is -2.31. The molecule has 5 nitrogen and oxygen atoms in total. The molecule has 1 aliphatic carbocycles. The summed E-state index contributed by atoms with van der Waals surface area (Å²) in [4.78, 5) is 30.7. The first-order valence-corrected chi connectivity index (χ1v) is 8.61. The number of imidazole rings is 1. The number of imide groups is 1. The van der Waals surface area contributed by atoms with Crippen LogP contribution in [0.25, 0.3) is 11.0 Å². The zero-order valence-electron chi connectivity index (χ0n) is 13.8. The van der Waals surface area contributed by atoms with Crippen molar-refractivity contribution in [2.24, 2.45) is 5.41 Å². The lowest BCUT2D eigenvalue weighted by Crippen LogP contribution is -2.37. The number of benzene rings is 1. The minimum atomic E-state index is -2.78. The standard InChI is InChI=1S/C18H19F2N3O2/c19-17(20)23-13-7-3-2-6-12(13)21-14(23)11-22-15(24)10-18(16(22)25)8-4-1-5-9-18/h2-3,6-7,17H,1,4-5,8-11H2. The summed E-state index contributed by atoms with van der Waals surface area (Å²) in [5, 5.41) is 0. The number of fused-ring (bicyclic) bond motifs is 1. The number of hydrogen-bond acceptors (Lipinski definition) is 3. The van der Waals surface area contributed by atoms with E-state index in [0.717, 1.165) is 28.7 Å². The van der Waals surface area contributed by atoms with Crippen LogP contribution in [0.4, 0.5) is 8.78 Å². The van der Waals surface area contributed by atoms with Gasteiger partial charge >= 0.3 is 6.55 Å². The maximum absolute atomic E-state index is 13.5. The minimum absolute atomic E-state index is 0.0470. The maximum atomic E-state index is 13.5. The zero-order chi connectivity index (χ0) is 17.6. The van der Waals surface area contributed by atoms with Crippen LogP contribution in [0.1, 0.15) is 50.9 Å². The molecular weight excluding hydrogens is 328 g/mol. The van der Waals surface area contributed by atoms with E-state index in [-0.39, 0.29) is 30.6 Å². The molecular formula is C18H19F2N3O2. The fourth-order valence-corrected chi connectivity index (χ4v) is 4.20. The summed E-state index contributed by atoms with van der Waals surface area (Å²) in [6, 6.07) is 6.59. The van der Waals surface area contributed by atoms with Crippen molar-refractivity contribution in [2.45, 2.75) is 51.6 Å². The van der Waals surface area contributed by atoms with Gasteiger partial charge in [-0.05, 0) is 25.0 Å². The third kappa shape index (κ3) is 2.53. The van der Waals surface area contributed by atoms with Crippen LogP contribution in [-0.4, -0.2) is 26.3 Å². The Morgan fingerprint density at radius 3 is 2.56 bits per heavy atom. The smallest absolute Gasteiger partial charge is 0.274 e. The fourth-order valence-electron chi connectivity index (χ4n) is 4.20. The van der Waals surface area contributed by atoms with Crippen molar-refractivity contribution in [3.05, 3.63) is 30.1 Å². The number of hydrogen-bond donors (Lipinski definition) is 0. The van der Waals surface area contributed by atoms with Gasteiger partial charge in [-0.2, -0.15) is 8.78 Å². The van der Waals surface area contributed by atoms with Gasteiger partial charge in [-0.25, -0.2) is 4.98 Å². The molecule has 1 aliphatic heterocycles. The van der Waals surface area contributed by atoms with E-state index >= 15 is 0 Å². The second kappa shape index (κ2) is 5.89. The number of alkyl halides is 2. The lowest BCUT2D eigenvalue weighted by molar-refractivity contribution is -0.143. The predicted octanol–water partition coefficient (Wildman–Crippen LogP) is 3.64. The highest BCUT2D eigenvalue weighted by atomic mass is 19.3. The molecule has 1 saturated heterocycles. The highest BCUT2D eigenvalue weighted by Gasteiger charge is 2.51. The summed E-state index contributed by atoms with van der Waals surface area (Å²) < 4.78 is 27.9. The Bertz CT molecular complexity index is 840. The summed E-state index contributed by atoms with van der Waals surface area (Å²) in [7, 11) is 0. The van der Waals surface area contributed by atoms with Crippen LogP contribution in [0, 0.1) is 5.41 Å². The van der Waals surface area contributed by atoms with Crippen LogP contribution < -0.4 is 0 Å². The van der Waals surface area contributed by atoms with E-state index in [4.69, 9.17) is 0 Å². The summed E-state index contributed by atoms with van der Waals surface area (Å²) in [5.41, 5.74) is 0.125. The minimum Gasteiger partial charge on any atom is -0.274 e. The lowest BCUT2D eigenvalue weighted by atomic mass is 9.73. The lowest BCUT2D eigenvalue weighted by Gasteiger charge is -2.30. The Morgan fingerprint density at radius 2 is 1.84 bits per heavy atom. The molecule has 0 N–H and O–H groups in total. The van der Waals surface area contributed by atoms with Crippen molar-refractivity contribution < 1.29 is 18.4 Å². The molecule has 0 atom stereocenters. The number of likely N-dealkylation sites (tertiary alicyclic amines) is 1. The molecule has 1 aromatic carbocycles. The molecule has 4 rings (SSSR count). The summed E-state index contributed by atoms with van der Waals surface area (Å²) in [5.74, 6) is -0.449. The first kappa shape index (κ1) is 16.2. The number of nitrogens with zero attached hydrogens (tertiary/aromatic N) is 3. The van der Waals surface area contributed by atoms with Gasteiger partial charge in [-0.1, -0.05) is 31.4 Å². The molecule has 0 bridgehead atoms. The van der Waals surface area contributed by atoms with Gasteiger partial charge in [0.1, 0.15) is 5.82 Å². The molecule has 2 aromatic rings. The van der Waals surface area contributed by atoms with Crippen molar-refractivity contribution in [1.29, 1.82) is 0 Å². The monoisotopic (exact) mass is 347 g/mol. The molecule has 7 heteroatoms. The van der Waals surface area contributed by atoms with E-state index in [1.807, 2.05) is 0 Å². The fraction of sp³-hybridized carbons (Fsp3) is 0.500. The highest BCUT2D eigenvalue weighted by Crippen LogP contribution is 2.45. The number of rotatable bonds is 3. The van der Waals surface area contributed by atoms with Gasteiger partial charge in [0.2, 0.25) is 11.8 Å². The first-order chi connectivity index (χ1) is 12.0. The van der Waals surface area contributed by atoms with Crippen LogP contribution in [-0.2, 0) is 16.1 Å². The quantitative estimate of drug-likeness (QED) is 0.797. The molecule has 0 radical (unpaired) electrons. The maximum Gasteiger partial charge on any atom is 0.320 e. The van der Waals surface area contributed by atoms with Gasteiger partial charge in [0.25, 0.3) is 0 Å². The number of carbonyl (C=O) groups excluding carboxylic acids is 2. The molecule has 2 aliphatic rings. The normalized spacial score (nSPS) is 20.4. The molecule has 1 spiro atoms. The van der Waals surface area contributed by atoms with Gasteiger partial charge in [0.15, 0.2) is 0 Å². The molecule has 2 heterocycles. The summed E-state index contributed by atoms with van der Waals surface area (Å²) in [6.45, 7) is -2.97. The van der Waals surface area contributed by atoms with E-state index in [0.29, 0.717) is 23.9 Å². The van der Waals surface area contributed by atoms with Crippen molar-refractivity contribution in [3.8, 4) is 0 Å². The SMILES string of the molecule is O=C1CC2(CCCCC2)C(=O)N1Cc1nc2ccccc2n1C(F)F. The Morgan fingerprint density at radius 1 is 1.12 bits per heavy atom. The van der Waals surface area contributed by atoms with Crippen LogP contribution in [0.15, 0.2) is 24.3 Å². The average molecular weight is 347 g/mol. The number of halogens is 2. The van der Waals surface area contributed by atoms with Crippen LogP contribution in [0.5, 0.6) is 0 Å². The molecule has 25 heavy (non-hydrogen) atoms. The Kier molecular flexibility index (Phi) is 3.81. The average Bonchev–Trinajstić information content (AvgIpc) is 3.07. The van der Waals surface area contributed by atoms with Gasteiger partial charge in [0.05, 0.1) is 23.0 Å². The Balaban J connectivity index is 1.68. The van der Waals surface area contributed by atoms with E-state index < -0.39 is 12.0 Å². The zero-order valence-corrected chi connectivity index (χ0v) is 13.8. The number of carbonyl (C=O) groups is 2. The Labute approximate surface area is 143 Å². The highest BCUT2D eigenvalue weighted by molar-refractivity contribution is 6.05. The van der Waals surface area contributed by atoms with E-state index in [9.17, 15) is 18.4 Å². The van der Waals surface area contributed by atoms with Crippen LogP contribution >= 0.6 is 0 Å². The van der Waals surface area contributed by atoms with E-state index in [1.165, 1.54) is 0 Å². The number of aromatic nitrogens is 2. The molecule has 2 amide bonds. The largest absolute Gasteiger partial charge is 0.320 e. The molecule has 1 saturated carbocycles. The van der Waals surface area contributed by atoms with Crippen molar-refractivity contribution in [2.75, 3.05) is 0 Å². The molecule has 0 unspecified atom stereocenters.